The molecule has 0 fully saturated rings. The van der Waals surface area contributed by atoms with E-state index in [1.165, 1.54) is 39.6 Å². The van der Waals surface area contributed by atoms with Crippen LogP contribution in [0.25, 0.3) is 0 Å². The first-order chi connectivity index (χ1) is 11.6. The Hall–Kier alpha value is -3.08. The van der Waals surface area contributed by atoms with Gasteiger partial charge < -0.3 is 14.2 Å². The maximum atomic E-state index is 12.1. The molecule has 0 aromatic carbocycles. The lowest BCUT2D eigenvalue weighted by Gasteiger charge is -2.28. The van der Waals surface area contributed by atoms with Crippen molar-refractivity contribution in [2.24, 2.45) is 4.99 Å². The number of hydroxylamine groups is 2. The number of hydrogen-bond acceptors (Lipinski definition) is 9. The Kier molecular flexibility index (Phi) is 5.73. The number of nitrogens with one attached hydrogen (secondary N) is 2. The first-order valence-electron chi connectivity index (χ1n) is 6.76. The molecule has 130 valence electrons. The third kappa shape index (κ3) is 4.23. The van der Waals surface area contributed by atoms with Gasteiger partial charge in [0, 0.05) is 12.3 Å². The van der Waals surface area contributed by atoms with Crippen LogP contribution < -0.4 is 20.1 Å². The molecule has 0 saturated carbocycles. The maximum absolute atomic E-state index is 12.1. The van der Waals surface area contributed by atoms with Gasteiger partial charge in [-0.15, -0.1) is 0 Å². The third-order valence-electron chi connectivity index (χ3n) is 2.86. The van der Waals surface area contributed by atoms with E-state index in [4.69, 9.17) is 19.0 Å². The highest BCUT2D eigenvalue weighted by Gasteiger charge is 2.22. The van der Waals surface area contributed by atoms with Crippen molar-refractivity contribution in [3.63, 3.8) is 0 Å². The Morgan fingerprint density at radius 2 is 1.79 bits per heavy atom. The number of carbonyl (C=O) groups excluding carboxylic acids is 1. The molecule has 0 bridgehead atoms. The first kappa shape index (κ1) is 17.3. The van der Waals surface area contributed by atoms with Crippen LogP contribution >= 0.6 is 0 Å². The van der Waals surface area contributed by atoms with Crippen LogP contribution in [0.3, 0.4) is 0 Å². The number of aliphatic imine (C=N–C) groups is 1. The van der Waals surface area contributed by atoms with E-state index in [1.54, 1.807) is 12.3 Å². The van der Waals surface area contributed by atoms with Gasteiger partial charge in [-0.1, -0.05) is 0 Å². The van der Waals surface area contributed by atoms with Gasteiger partial charge >= 0.3 is 6.03 Å². The largest absolute Gasteiger partial charge is 0.481 e. The van der Waals surface area contributed by atoms with E-state index in [9.17, 15) is 4.79 Å². The number of aromatic nitrogens is 2. The zero-order valence-corrected chi connectivity index (χ0v) is 13.6. The van der Waals surface area contributed by atoms with Crippen LogP contribution in [0, 0.1) is 0 Å². The van der Waals surface area contributed by atoms with Gasteiger partial charge in [0.25, 0.3) is 0 Å². The van der Waals surface area contributed by atoms with Crippen LogP contribution in [0.5, 0.6) is 11.8 Å². The van der Waals surface area contributed by atoms with Gasteiger partial charge in [-0.05, 0) is 0 Å². The van der Waals surface area contributed by atoms with E-state index in [0.29, 0.717) is 5.90 Å². The molecular formula is C13H18N6O5. The summed E-state index contributed by atoms with van der Waals surface area (Å²) >= 11 is 0. The second-order valence-electron chi connectivity index (χ2n) is 4.28. The Labute approximate surface area is 138 Å². The van der Waals surface area contributed by atoms with Gasteiger partial charge in [0.05, 0.1) is 34.5 Å². The zero-order valence-electron chi connectivity index (χ0n) is 13.6. The minimum absolute atomic E-state index is 0.00922. The van der Waals surface area contributed by atoms with Crippen molar-refractivity contribution in [3.05, 3.63) is 18.3 Å². The highest BCUT2D eigenvalue weighted by atomic mass is 16.7. The van der Waals surface area contributed by atoms with Crippen molar-refractivity contribution in [2.45, 2.75) is 6.29 Å². The minimum Gasteiger partial charge on any atom is -0.481 e. The molecule has 1 aliphatic heterocycles. The normalized spacial score (nSPS) is 16.2. The van der Waals surface area contributed by atoms with Crippen molar-refractivity contribution < 1.29 is 23.8 Å². The number of amides is 2. The average molecular weight is 338 g/mol. The number of hydrogen-bond donors (Lipinski definition) is 2. The molecule has 24 heavy (non-hydrogen) atoms. The number of carbonyl (C=O) groups is 1. The van der Waals surface area contributed by atoms with Crippen molar-refractivity contribution in [2.75, 3.05) is 33.8 Å². The lowest BCUT2D eigenvalue weighted by molar-refractivity contribution is -0.124. The fourth-order valence-electron chi connectivity index (χ4n) is 1.74. The number of ether oxygens (including phenoxy) is 3. The molecule has 1 unspecified atom stereocenters. The predicted molar refractivity (Wildman–Crippen MR) is 83.5 cm³/mol. The monoisotopic (exact) mass is 338 g/mol. The molecule has 2 rings (SSSR count). The quantitative estimate of drug-likeness (QED) is 0.788. The molecular weight excluding hydrogens is 320 g/mol. The summed E-state index contributed by atoms with van der Waals surface area (Å²) in [4.78, 5) is 29.4. The summed E-state index contributed by atoms with van der Waals surface area (Å²) in [5.41, 5.74) is 0. The van der Waals surface area contributed by atoms with Crippen molar-refractivity contribution in [1.29, 1.82) is 0 Å². The standard InChI is InChI=1S/C13H18N6O5/c1-21-8-5-6-19(24-4)12(16-8)18-13(20)17-11-14-9(22-2)7-10(15-11)23-3/h5-7,12H,1-4H3,(H2,14,15,17,18,20). The maximum Gasteiger partial charge on any atom is 0.324 e. The van der Waals surface area contributed by atoms with Crippen LogP contribution in [0.4, 0.5) is 10.7 Å². The Morgan fingerprint density at radius 1 is 1.12 bits per heavy atom. The summed E-state index contributed by atoms with van der Waals surface area (Å²) in [5.74, 6) is 0.842. The van der Waals surface area contributed by atoms with Gasteiger partial charge in [0.15, 0.2) is 0 Å². The van der Waals surface area contributed by atoms with Crippen LogP contribution in [0.2, 0.25) is 0 Å². The van der Waals surface area contributed by atoms with E-state index < -0.39 is 12.3 Å². The SMILES string of the molecule is COC1=NC(NC(=O)Nc2nc(OC)cc(OC)n2)N(OC)C=C1. The third-order valence-corrected chi connectivity index (χ3v) is 2.86. The molecule has 0 radical (unpaired) electrons. The van der Waals surface area contributed by atoms with Crippen molar-refractivity contribution >= 4 is 17.9 Å². The molecule has 1 aliphatic rings. The van der Waals surface area contributed by atoms with Crippen LogP contribution in [0.1, 0.15) is 0 Å². The Bertz CT molecular complexity index is 627. The predicted octanol–water partition coefficient (Wildman–Crippen LogP) is 0.334. The van der Waals surface area contributed by atoms with E-state index in [1.807, 2.05) is 0 Å². The van der Waals surface area contributed by atoms with Gasteiger partial charge in [-0.25, -0.2) is 14.9 Å². The van der Waals surface area contributed by atoms with Crippen molar-refractivity contribution in [1.82, 2.24) is 20.3 Å². The van der Waals surface area contributed by atoms with E-state index in [-0.39, 0.29) is 17.7 Å². The summed E-state index contributed by atoms with van der Waals surface area (Å²) < 4.78 is 15.1. The lowest BCUT2D eigenvalue weighted by atomic mass is 10.5. The average Bonchev–Trinajstić information content (AvgIpc) is 2.60. The smallest absolute Gasteiger partial charge is 0.324 e. The molecule has 1 aromatic rings. The molecule has 1 aromatic heterocycles. The second kappa shape index (κ2) is 7.97. The summed E-state index contributed by atoms with van der Waals surface area (Å²) in [6, 6.07) is 0.878. The molecule has 11 nitrogen and oxygen atoms in total. The van der Waals surface area contributed by atoms with Gasteiger partial charge in [0.2, 0.25) is 29.9 Å². The summed E-state index contributed by atoms with van der Waals surface area (Å²) in [5, 5.41) is 6.37. The topological polar surface area (TPSA) is 119 Å². The Balaban J connectivity index is 2.07. The van der Waals surface area contributed by atoms with E-state index >= 15 is 0 Å². The second-order valence-corrected chi connectivity index (χ2v) is 4.28. The van der Waals surface area contributed by atoms with Gasteiger partial charge in [-0.3, -0.25) is 15.5 Å². The fraction of sp³-hybridized carbons (Fsp3) is 0.385. The molecule has 2 heterocycles. The lowest BCUT2D eigenvalue weighted by Crippen LogP contribution is -2.47. The van der Waals surface area contributed by atoms with E-state index in [0.717, 1.165) is 0 Å². The number of methoxy groups -OCH3 is 3. The first-order valence-corrected chi connectivity index (χ1v) is 6.76. The van der Waals surface area contributed by atoms with Crippen LogP contribution in [0.15, 0.2) is 23.3 Å². The number of rotatable bonds is 5. The fourth-order valence-corrected chi connectivity index (χ4v) is 1.74. The highest BCUT2D eigenvalue weighted by molar-refractivity contribution is 5.90. The van der Waals surface area contributed by atoms with Crippen LogP contribution in [-0.2, 0) is 9.57 Å². The van der Waals surface area contributed by atoms with E-state index in [2.05, 4.69) is 25.6 Å². The molecule has 0 spiro atoms. The van der Waals surface area contributed by atoms with Crippen LogP contribution in [-0.4, -0.2) is 61.7 Å². The summed E-state index contributed by atoms with van der Waals surface area (Å²) in [6.45, 7) is 0. The number of anilines is 1. The zero-order chi connectivity index (χ0) is 17.5. The highest BCUT2D eigenvalue weighted by Crippen LogP contribution is 2.17. The van der Waals surface area contributed by atoms with Crippen molar-refractivity contribution in [3.8, 4) is 11.8 Å². The van der Waals surface area contributed by atoms with Gasteiger partial charge in [0.1, 0.15) is 0 Å². The molecule has 0 saturated heterocycles. The number of nitrogens with zero attached hydrogens (tertiary/aromatic N) is 4. The summed E-state index contributed by atoms with van der Waals surface area (Å²) in [7, 11) is 5.80. The molecule has 11 heteroatoms. The number of urea groups is 1. The summed E-state index contributed by atoms with van der Waals surface area (Å²) in [6.07, 6.45) is 2.35. The Morgan fingerprint density at radius 3 is 2.33 bits per heavy atom. The molecule has 2 amide bonds. The molecule has 2 N–H and O–H groups in total. The molecule has 1 atom stereocenters. The van der Waals surface area contributed by atoms with Gasteiger partial charge in [-0.2, -0.15) is 9.97 Å². The molecule has 0 aliphatic carbocycles. The minimum atomic E-state index is -0.817.